The van der Waals surface area contributed by atoms with Crippen LogP contribution in [-0.4, -0.2) is 29.0 Å². The molecule has 5 nitrogen and oxygen atoms in total. The molecule has 1 N–H and O–H groups in total. The Morgan fingerprint density at radius 3 is 2.83 bits per heavy atom. The molecule has 4 rings (SSSR count). The number of carbonyl (C=O) groups excluding carboxylic acids is 1. The Bertz CT molecular complexity index is 787. The van der Waals surface area contributed by atoms with Crippen LogP contribution >= 0.6 is 11.3 Å². The van der Waals surface area contributed by atoms with Gasteiger partial charge in [-0.3, -0.25) is 0 Å². The van der Waals surface area contributed by atoms with E-state index in [1.807, 2.05) is 46.7 Å². The van der Waals surface area contributed by atoms with Gasteiger partial charge in [0.2, 0.25) is 0 Å². The van der Waals surface area contributed by atoms with Crippen molar-refractivity contribution < 1.29 is 9.21 Å². The van der Waals surface area contributed by atoms with Crippen molar-refractivity contribution in [2.75, 3.05) is 13.1 Å². The van der Waals surface area contributed by atoms with Gasteiger partial charge in [-0.25, -0.2) is 9.78 Å². The highest BCUT2D eigenvalue weighted by Crippen LogP contribution is 2.29. The molecule has 3 heterocycles. The van der Waals surface area contributed by atoms with E-state index >= 15 is 0 Å². The molecule has 0 unspecified atom stereocenters. The molecule has 6 heteroatoms. The fraction of sp³-hybridized carbons (Fsp3) is 0.333. The molecule has 124 valence electrons. The summed E-state index contributed by atoms with van der Waals surface area (Å²) in [4.78, 5) is 19.9. The minimum Gasteiger partial charge on any atom is -0.440 e. The van der Waals surface area contributed by atoms with Gasteiger partial charge in [-0.05, 0) is 36.4 Å². The number of amides is 2. The van der Waals surface area contributed by atoms with Crippen LogP contribution < -0.4 is 5.32 Å². The van der Waals surface area contributed by atoms with Crippen LogP contribution in [0.4, 0.5) is 4.79 Å². The highest BCUT2D eigenvalue weighted by atomic mass is 32.1. The van der Waals surface area contributed by atoms with Crippen LogP contribution in [0.15, 0.2) is 46.2 Å². The Morgan fingerprint density at radius 1 is 1.25 bits per heavy atom. The molecule has 0 spiro atoms. The van der Waals surface area contributed by atoms with E-state index in [1.54, 1.807) is 11.3 Å². The van der Waals surface area contributed by atoms with E-state index in [-0.39, 0.29) is 6.03 Å². The maximum atomic E-state index is 12.3. The molecule has 0 atom stereocenters. The minimum atomic E-state index is 0.0133. The standard InChI is InChI=1S/C18H19N3O2S/c22-18(19-12-14-4-3-11-24-14)21-9-7-13(8-10-21)17-20-15-5-1-2-6-16(15)23-17/h1-6,11,13H,7-10,12H2,(H,19,22). The van der Waals surface area contributed by atoms with Crippen LogP contribution in [-0.2, 0) is 6.54 Å². The number of carbonyl (C=O) groups is 1. The summed E-state index contributed by atoms with van der Waals surface area (Å²) in [6, 6.07) is 11.9. The van der Waals surface area contributed by atoms with Crippen molar-refractivity contribution in [3.63, 3.8) is 0 Å². The van der Waals surface area contributed by atoms with E-state index in [2.05, 4.69) is 10.3 Å². The van der Waals surface area contributed by atoms with Crippen LogP contribution in [0.1, 0.15) is 29.5 Å². The summed E-state index contributed by atoms with van der Waals surface area (Å²) in [6.45, 7) is 2.07. The smallest absolute Gasteiger partial charge is 0.317 e. The van der Waals surface area contributed by atoms with Gasteiger partial charge in [0.05, 0.1) is 6.54 Å². The van der Waals surface area contributed by atoms with E-state index < -0.39 is 0 Å². The first-order valence-electron chi connectivity index (χ1n) is 8.20. The van der Waals surface area contributed by atoms with Crippen LogP contribution in [0.5, 0.6) is 0 Å². The number of nitrogens with one attached hydrogen (secondary N) is 1. The summed E-state index contributed by atoms with van der Waals surface area (Å²) in [5, 5.41) is 5.01. The Labute approximate surface area is 144 Å². The molecule has 1 aliphatic rings. The summed E-state index contributed by atoms with van der Waals surface area (Å²) in [5.41, 5.74) is 1.74. The number of hydrogen-bond acceptors (Lipinski definition) is 4. The summed E-state index contributed by atoms with van der Waals surface area (Å²) in [7, 11) is 0. The third-order valence-corrected chi connectivity index (χ3v) is 5.31. The number of para-hydroxylation sites is 2. The highest BCUT2D eigenvalue weighted by molar-refractivity contribution is 7.09. The van der Waals surface area contributed by atoms with Gasteiger partial charge in [-0.15, -0.1) is 11.3 Å². The van der Waals surface area contributed by atoms with Gasteiger partial charge in [0.1, 0.15) is 5.52 Å². The molecule has 0 aliphatic carbocycles. The molecule has 1 aromatic carbocycles. The molecule has 24 heavy (non-hydrogen) atoms. The SMILES string of the molecule is O=C(NCc1cccs1)N1CCC(c2nc3ccccc3o2)CC1. The first-order chi connectivity index (χ1) is 11.8. The topological polar surface area (TPSA) is 58.4 Å². The Morgan fingerprint density at radius 2 is 2.08 bits per heavy atom. The molecule has 1 saturated heterocycles. The molecule has 2 aromatic heterocycles. The summed E-state index contributed by atoms with van der Waals surface area (Å²) < 4.78 is 5.87. The van der Waals surface area contributed by atoms with Crippen LogP contribution in [0, 0.1) is 0 Å². The lowest BCUT2D eigenvalue weighted by atomic mass is 9.97. The molecule has 0 saturated carbocycles. The number of rotatable bonds is 3. The van der Waals surface area contributed by atoms with Gasteiger partial charge in [-0.2, -0.15) is 0 Å². The number of fused-ring (bicyclic) bond motifs is 1. The first-order valence-corrected chi connectivity index (χ1v) is 9.08. The number of oxazole rings is 1. The van der Waals surface area contributed by atoms with Crippen molar-refractivity contribution >= 4 is 28.5 Å². The fourth-order valence-electron chi connectivity index (χ4n) is 3.08. The zero-order valence-electron chi connectivity index (χ0n) is 13.3. The van der Waals surface area contributed by atoms with E-state index in [0.717, 1.165) is 42.9 Å². The quantitative estimate of drug-likeness (QED) is 0.784. The largest absolute Gasteiger partial charge is 0.440 e. The Kier molecular flexibility index (Phi) is 4.21. The number of aromatic nitrogens is 1. The van der Waals surface area contributed by atoms with Gasteiger partial charge in [0, 0.05) is 23.9 Å². The molecule has 3 aromatic rings. The van der Waals surface area contributed by atoms with Gasteiger partial charge in [0.25, 0.3) is 0 Å². The summed E-state index contributed by atoms with van der Waals surface area (Å²) in [5.74, 6) is 1.09. The lowest BCUT2D eigenvalue weighted by Crippen LogP contribution is -2.43. The first kappa shape index (κ1) is 15.2. The van der Waals surface area contributed by atoms with Crippen LogP contribution in [0.3, 0.4) is 0 Å². The number of benzene rings is 1. The average Bonchev–Trinajstić information content (AvgIpc) is 3.29. The second kappa shape index (κ2) is 6.65. The lowest BCUT2D eigenvalue weighted by molar-refractivity contribution is 0.177. The van der Waals surface area contributed by atoms with Crippen molar-refractivity contribution in [3.05, 3.63) is 52.5 Å². The van der Waals surface area contributed by atoms with Crippen LogP contribution in [0.25, 0.3) is 11.1 Å². The van der Waals surface area contributed by atoms with Crippen molar-refractivity contribution in [1.82, 2.24) is 15.2 Å². The van der Waals surface area contributed by atoms with Crippen molar-refractivity contribution in [2.24, 2.45) is 0 Å². The highest BCUT2D eigenvalue weighted by Gasteiger charge is 2.26. The molecule has 2 amide bonds. The second-order valence-electron chi connectivity index (χ2n) is 6.02. The number of nitrogens with zero attached hydrogens (tertiary/aromatic N) is 2. The Balaban J connectivity index is 1.33. The molecule has 1 fully saturated rings. The fourth-order valence-corrected chi connectivity index (χ4v) is 3.73. The number of urea groups is 1. The zero-order chi connectivity index (χ0) is 16.4. The average molecular weight is 341 g/mol. The van der Waals surface area contributed by atoms with E-state index in [4.69, 9.17) is 4.42 Å². The molecule has 1 aliphatic heterocycles. The number of thiophene rings is 1. The maximum absolute atomic E-state index is 12.3. The monoisotopic (exact) mass is 341 g/mol. The van der Waals surface area contributed by atoms with E-state index in [9.17, 15) is 4.79 Å². The summed E-state index contributed by atoms with van der Waals surface area (Å²) >= 11 is 1.66. The van der Waals surface area contributed by atoms with E-state index in [0.29, 0.717) is 12.5 Å². The zero-order valence-corrected chi connectivity index (χ0v) is 14.1. The number of piperidine rings is 1. The van der Waals surface area contributed by atoms with Gasteiger partial charge < -0.3 is 14.6 Å². The normalized spacial score (nSPS) is 15.8. The van der Waals surface area contributed by atoms with Gasteiger partial charge >= 0.3 is 6.03 Å². The van der Waals surface area contributed by atoms with Crippen molar-refractivity contribution in [3.8, 4) is 0 Å². The van der Waals surface area contributed by atoms with E-state index in [1.165, 1.54) is 4.88 Å². The molecule has 0 bridgehead atoms. The third-order valence-electron chi connectivity index (χ3n) is 4.44. The second-order valence-corrected chi connectivity index (χ2v) is 7.05. The van der Waals surface area contributed by atoms with Gasteiger partial charge in [-0.1, -0.05) is 18.2 Å². The maximum Gasteiger partial charge on any atom is 0.317 e. The molecule has 0 radical (unpaired) electrons. The lowest BCUT2D eigenvalue weighted by Gasteiger charge is -2.30. The molecular weight excluding hydrogens is 322 g/mol. The third kappa shape index (κ3) is 3.14. The minimum absolute atomic E-state index is 0.0133. The Hall–Kier alpha value is -2.34. The van der Waals surface area contributed by atoms with Crippen molar-refractivity contribution in [1.29, 1.82) is 0 Å². The number of likely N-dealkylation sites (tertiary alicyclic amines) is 1. The summed E-state index contributed by atoms with van der Waals surface area (Å²) in [6.07, 6.45) is 1.78. The molecular formula is C18H19N3O2S. The predicted octanol–water partition coefficient (Wildman–Crippen LogP) is 3.98. The van der Waals surface area contributed by atoms with Crippen LogP contribution in [0.2, 0.25) is 0 Å². The van der Waals surface area contributed by atoms with Gasteiger partial charge in [0.15, 0.2) is 11.5 Å². The number of hydrogen-bond donors (Lipinski definition) is 1. The predicted molar refractivity (Wildman–Crippen MR) is 94.1 cm³/mol. The van der Waals surface area contributed by atoms with Crippen molar-refractivity contribution in [2.45, 2.75) is 25.3 Å².